The van der Waals surface area contributed by atoms with Gasteiger partial charge in [0.05, 0.1) is 5.60 Å². The van der Waals surface area contributed by atoms with Crippen molar-refractivity contribution in [1.82, 2.24) is 0 Å². The van der Waals surface area contributed by atoms with Gasteiger partial charge in [-0.15, -0.1) is 0 Å². The third kappa shape index (κ3) is 3.07. The Morgan fingerprint density at radius 3 is 2.62 bits per heavy atom. The molecule has 94 valence electrons. The van der Waals surface area contributed by atoms with E-state index in [4.69, 9.17) is 0 Å². The molecule has 3 atom stereocenters. The molecule has 16 heavy (non-hydrogen) atoms. The average Bonchev–Trinajstić information content (AvgIpc) is 2.21. The van der Waals surface area contributed by atoms with Crippen LogP contribution in [0.15, 0.2) is 0 Å². The molecule has 1 saturated carbocycles. The van der Waals surface area contributed by atoms with Crippen molar-refractivity contribution < 1.29 is 9.90 Å². The molecular formula is C14H26O2. The number of carbonyl (C=O) groups excluding carboxylic acids is 1. The molecule has 0 bridgehead atoms. The van der Waals surface area contributed by atoms with Crippen LogP contribution >= 0.6 is 0 Å². The lowest BCUT2D eigenvalue weighted by molar-refractivity contribution is -0.143. The number of rotatable bonds is 5. The number of unbranched alkanes of at least 4 members (excludes halogenated alkanes) is 1. The van der Waals surface area contributed by atoms with E-state index in [-0.39, 0.29) is 5.92 Å². The van der Waals surface area contributed by atoms with E-state index < -0.39 is 5.60 Å². The van der Waals surface area contributed by atoms with Gasteiger partial charge in [0.25, 0.3) is 0 Å². The van der Waals surface area contributed by atoms with Crippen molar-refractivity contribution in [2.45, 2.75) is 71.3 Å². The van der Waals surface area contributed by atoms with Crippen LogP contribution in [-0.2, 0) is 4.79 Å². The highest BCUT2D eigenvalue weighted by Gasteiger charge is 2.44. The first-order valence-electron chi connectivity index (χ1n) is 6.78. The minimum absolute atomic E-state index is 0.0970. The van der Waals surface area contributed by atoms with Crippen LogP contribution in [0.3, 0.4) is 0 Å². The van der Waals surface area contributed by atoms with Crippen molar-refractivity contribution in [3.63, 3.8) is 0 Å². The zero-order chi connectivity index (χ0) is 12.2. The van der Waals surface area contributed by atoms with Crippen LogP contribution in [-0.4, -0.2) is 16.5 Å². The highest BCUT2D eigenvalue weighted by Crippen LogP contribution is 2.40. The van der Waals surface area contributed by atoms with Gasteiger partial charge in [-0.2, -0.15) is 0 Å². The van der Waals surface area contributed by atoms with Gasteiger partial charge in [0.2, 0.25) is 0 Å². The van der Waals surface area contributed by atoms with Gasteiger partial charge in [0.1, 0.15) is 5.78 Å². The first-order valence-corrected chi connectivity index (χ1v) is 6.78. The maximum absolute atomic E-state index is 12.0. The summed E-state index contributed by atoms with van der Waals surface area (Å²) in [6.45, 7) is 6.30. The molecule has 1 fully saturated rings. The second-order valence-corrected chi connectivity index (χ2v) is 5.53. The maximum Gasteiger partial charge on any atom is 0.139 e. The first kappa shape index (κ1) is 13.7. The van der Waals surface area contributed by atoms with Crippen molar-refractivity contribution in [2.75, 3.05) is 0 Å². The molecule has 2 heteroatoms. The van der Waals surface area contributed by atoms with E-state index in [1.807, 2.05) is 0 Å². The molecule has 1 aliphatic carbocycles. The summed E-state index contributed by atoms with van der Waals surface area (Å²) in [5.74, 6) is 0.543. The molecular weight excluding hydrogens is 200 g/mol. The lowest BCUT2D eigenvalue weighted by Gasteiger charge is -2.41. The Morgan fingerprint density at radius 2 is 2.06 bits per heavy atom. The highest BCUT2D eigenvalue weighted by atomic mass is 16.3. The van der Waals surface area contributed by atoms with Crippen molar-refractivity contribution in [1.29, 1.82) is 0 Å². The molecule has 1 N–H and O–H groups in total. The second kappa shape index (κ2) is 5.81. The fourth-order valence-corrected chi connectivity index (χ4v) is 3.08. The van der Waals surface area contributed by atoms with Crippen molar-refractivity contribution in [3.05, 3.63) is 0 Å². The second-order valence-electron chi connectivity index (χ2n) is 5.53. The van der Waals surface area contributed by atoms with E-state index in [1.54, 1.807) is 0 Å². The van der Waals surface area contributed by atoms with Crippen molar-refractivity contribution in [2.24, 2.45) is 11.8 Å². The smallest absolute Gasteiger partial charge is 0.139 e. The molecule has 0 unspecified atom stereocenters. The average molecular weight is 226 g/mol. The molecule has 0 heterocycles. The molecule has 2 nitrogen and oxygen atoms in total. The summed E-state index contributed by atoms with van der Waals surface area (Å²) in [7, 11) is 0. The van der Waals surface area contributed by atoms with Gasteiger partial charge in [-0.25, -0.2) is 0 Å². The van der Waals surface area contributed by atoms with E-state index >= 15 is 0 Å². The number of carbonyl (C=O) groups is 1. The Balaban J connectivity index is 2.76. The van der Waals surface area contributed by atoms with E-state index in [2.05, 4.69) is 20.8 Å². The Kier molecular flexibility index (Phi) is 4.97. The molecule has 0 aromatic rings. The molecule has 1 rings (SSSR count). The summed E-state index contributed by atoms with van der Waals surface area (Å²) in [5, 5.41) is 10.7. The Hall–Kier alpha value is -0.370. The number of hydrogen-bond donors (Lipinski definition) is 1. The van der Waals surface area contributed by atoms with Crippen LogP contribution in [0.5, 0.6) is 0 Å². The van der Waals surface area contributed by atoms with E-state index in [0.717, 1.165) is 38.5 Å². The zero-order valence-electron chi connectivity index (χ0n) is 11.0. The van der Waals surface area contributed by atoms with Gasteiger partial charge >= 0.3 is 0 Å². The van der Waals surface area contributed by atoms with E-state index in [1.165, 1.54) is 0 Å². The lowest BCUT2D eigenvalue weighted by atomic mass is 9.67. The van der Waals surface area contributed by atoms with Crippen LogP contribution in [0.1, 0.15) is 65.7 Å². The van der Waals surface area contributed by atoms with Crippen LogP contribution in [0.4, 0.5) is 0 Å². The van der Waals surface area contributed by atoms with Crippen molar-refractivity contribution >= 4 is 5.78 Å². The Bertz CT molecular complexity index is 237. The standard InChI is InChI=1S/C14H26O2/c1-4-6-8-14(16)10-11(3)9-13(15)12(14)7-5-2/h11-12,16H,4-10H2,1-3H3/t11-,12-,14+/m0/s1. The molecule has 0 saturated heterocycles. The maximum atomic E-state index is 12.0. The monoisotopic (exact) mass is 226 g/mol. The van der Waals surface area contributed by atoms with Gasteiger partial charge in [0.15, 0.2) is 0 Å². The first-order chi connectivity index (χ1) is 7.53. The summed E-state index contributed by atoms with van der Waals surface area (Å²) in [6, 6.07) is 0. The summed E-state index contributed by atoms with van der Waals surface area (Å²) in [6.07, 6.45) is 6.22. The summed E-state index contributed by atoms with van der Waals surface area (Å²) < 4.78 is 0. The Labute approximate surface area is 99.4 Å². The SMILES string of the molecule is CCCC[C@@]1(O)C[C@@H](C)CC(=O)[C@@H]1CCC. The van der Waals surface area contributed by atoms with Gasteiger partial charge in [-0.3, -0.25) is 4.79 Å². The molecule has 0 radical (unpaired) electrons. The summed E-state index contributed by atoms with van der Waals surface area (Å²) in [5.41, 5.74) is -0.708. The Morgan fingerprint density at radius 1 is 1.38 bits per heavy atom. The minimum Gasteiger partial charge on any atom is -0.389 e. The molecule has 0 aliphatic heterocycles. The predicted octanol–water partition coefficient (Wildman–Crippen LogP) is 3.32. The summed E-state index contributed by atoms with van der Waals surface area (Å²) in [4.78, 5) is 12.0. The van der Waals surface area contributed by atoms with E-state index in [0.29, 0.717) is 18.1 Å². The van der Waals surface area contributed by atoms with Gasteiger partial charge in [-0.05, 0) is 25.2 Å². The molecule has 0 aromatic carbocycles. The third-order valence-corrected chi connectivity index (χ3v) is 3.83. The van der Waals surface area contributed by atoms with Gasteiger partial charge in [-0.1, -0.05) is 40.0 Å². The number of aliphatic hydroxyl groups is 1. The normalized spacial score (nSPS) is 35.4. The summed E-state index contributed by atoms with van der Waals surface area (Å²) >= 11 is 0. The van der Waals surface area contributed by atoms with Gasteiger partial charge < -0.3 is 5.11 Å². The topological polar surface area (TPSA) is 37.3 Å². The number of Topliss-reactive ketones (excluding diaryl/α,β-unsaturated/α-hetero) is 1. The molecule has 1 aliphatic rings. The fraction of sp³-hybridized carbons (Fsp3) is 0.929. The van der Waals surface area contributed by atoms with Crippen LogP contribution in [0.2, 0.25) is 0 Å². The molecule has 0 spiro atoms. The largest absolute Gasteiger partial charge is 0.389 e. The number of ketones is 1. The fourth-order valence-electron chi connectivity index (χ4n) is 3.08. The van der Waals surface area contributed by atoms with Crippen molar-refractivity contribution in [3.8, 4) is 0 Å². The quantitative estimate of drug-likeness (QED) is 0.780. The van der Waals surface area contributed by atoms with E-state index in [9.17, 15) is 9.90 Å². The lowest BCUT2D eigenvalue weighted by Crippen LogP contribution is -2.48. The predicted molar refractivity (Wildman–Crippen MR) is 66.3 cm³/mol. The van der Waals surface area contributed by atoms with Crippen LogP contribution < -0.4 is 0 Å². The van der Waals surface area contributed by atoms with Crippen LogP contribution in [0.25, 0.3) is 0 Å². The van der Waals surface area contributed by atoms with Gasteiger partial charge in [0, 0.05) is 12.3 Å². The third-order valence-electron chi connectivity index (χ3n) is 3.83. The minimum atomic E-state index is -0.708. The molecule has 0 amide bonds. The number of hydrogen-bond acceptors (Lipinski definition) is 2. The van der Waals surface area contributed by atoms with Crippen LogP contribution in [0, 0.1) is 11.8 Å². The molecule has 0 aromatic heterocycles. The highest BCUT2D eigenvalue weighted by molar-refractivity contribution is 5.83. The zero-order valence-corrected chi connectivity index (χ0v) is 11.0.